The van der Waals surface area contributed by atoms with Crippen molar-refractivity contribution in [3.05, 3.63) is 35.1 Å². The first-order chi connectivity index (χ1) is 8.33. The van der Waals surface area contributed by atoms with Gasteiger partial charge in [0.2, 0.25) is 0 Å². The fourth-order valence-electron chi connectivity index (χ4n) is 2.60. The van der Waals surface area contributed by atoms with Gasteiger partial charge in [-0.1, -0.05) is 12.1 Å². The Balaban J connectivity index is 1.76. The van der Waals surface area contributed by atoms with Gasteiger partial charge in [0.25, 0.3) is 0 Å². The highest BCUT2D eigenvalue weighted by Gasteiger charge is 2.21. The summed E-state index contributed by atoms with van der Waals surface area (Å²) >= 11 is 1.98. The van der Waals surface area contributed by atoms with Crippen LogP contribution in [-0.4, -0.2) is 23.7 Å². The van der Waals surface area contributed by atoms with Gasteiger partial charge in [-0.2, -0.15) is 11.8 Å². The van der Waals surface area contributed by atoms with Gasteiger partial charge in [-0.25, -0.2) is 4.39 Å². The zero-order valence-electron chi connectivity index (χ0n) is 9.99. The highest BCUT2D eigenvalue weighted by molar-refractivity contribution is 8.00. The number of hydrogen-bond donors (Lipinski definition) is 0. The number of thioether (sulfide) groups is 1. The van der Waals surface area contributed by atoms with Crippen LogP contribution in [0.2, 0.25) is 0 Å². The SMILES string of the molecule is Fc1ccc(C2CCS2)cc1CN1CCCC1. The van der Waals surface area contributed by atoms with E-state index in [0.29, 0.717) is 5.25 Å². The third-order valence-electron chi connectivity index (χ3n) is 3.73. The third-order valence-corrected chi connectivity index (χ3v) is 5.11. The lowest BCUT2D eigenvalue weighted by Gasteiger charge is -2.26. The minimum absolute atomic E-state index is 0.0371. The van der Waals surface area contributed by atoms with E-state index in [0.717, 1.165) is 25.2 Å². The predicted octanol–water partition coefficient (Wildman–Crippen LogP) is 3.60. The number of hydrogen-bond acceptors (Lipinski definition) is 2. The molecule has 0 aromatic heterocycles. The average Bonchev–Trinajstić information content (AvgIpc) is 2.73. The van der Waals surface area contributed by atoms with Crippen LogP contribution in [0, 0.1) is 5.82 Å². The molecule has 1 atom stereocenters. The van der Waals surface area contributed by atoms with E-state index in [-0.39, 0.29) is 5.82 Å². The first kappa shape index (κ1) is 11.5. The summed E-state index contributed by atoms with van der Waals surface area (Å²) in [4.78, 5) is 2.36. The third kappa shape index (κ3) is 2.50. The summed E-state index contributed by atoms with van der Waals surface area (Å²) < 4.78 is 13.8. The Morgan fingerprint density at radius 2 is 2.06 bits per heavy atom. The number of likely N-dealkylation sites (tertiary alicyclic amines) is 1. The molecular formula is C14H18FNS. The maximum Gasteiger partial charge on any atom is 0.127 e. The van der Waals surface area contributed by atoms with Crippen LogP contribution in [0.25, 0.3) is 0 Å². The minimum atomic E-state index is -0.0371. The lowest BCUT2D eigenvalue weighted by atomic mass is 10.0. The predicted molar refractivity (Wildman–Crippen MR) is 70.7 cm³/mol. The van der Waals surface area contributed by atoms with E-state index in [4.69, 9.17) is 0 Å². The fraction of sp³-hybridized carbons (Fsp3) is 0.571. The van der Waals surface area contributed by atoms with Crippen molar-refractivity contribution in [2.45, 2.75) is 31.1 Å². The largest absolute Gasteiger partial charge is 0.299 e. The van der Waals surface area contributed by atoms with E-state index >= 15 is 0 Å². The Labute approximate surface area is 106 Å². The normalized spacial score (nSPS) is 24.9. The highest BCUT2D eigenvalue weighted by Crippen LogP contribution is 2.42. The maximum atomic E-state index is 13.8. The quantitative estimate of drug-likeness (QED) is 0.807. The van der Waals surface area contributed by atoms with Gasteiger partial charge in [-0.3, -0.25) is 4.90 Å². The molecule has 2 aliphatic heterocycles. The molecule has 1 aromatic rings. The summed E-state index contributed by atoms with van der Waals surface area (Å²) in [5, 5.41) is 0.618. The van der Waals surface area contributed by atoms with E-state index in [1.54, 1.807) is 6.07 Å². The molecule has 1 unspecified atom stereocenters. The van der Waals surface area contributed by atoms with Crippen LogP contribution in [0.5, 0.6) is 0 Å². The smallest absolute Gasteiger partial charge is 0.127 e. The summed E-state index contributed by atoms with van der Waals surface area (Å²) in [6, 6.07) is 5.70. The molecule has 0 N–H and O–H groups in total. The molecular weight excluding hydrogens is 233 g/mol. The molecule has 1 nitrogen and oxygen atoms in total. The number of halogens is 1. The van der Waals surface area contributed by atoms with Crippen LogP contribution in [0.15, 0.2) is 18.2 Å². The summed E-state index contributed by atoms with van der Waals surface area (Å²) in [5.74, 6) is 1.22. The van der Waals surface area contributed by atoms with Crippen molar-refractivity contribution in [1.82, 2.24) is 4.90 Å². The average molecular weight is 251 g/mol. The lowest BCUT2D eigenvalue weighted by molar-refractivity contribution is 0.325. The molecule has 3 rings (SSSR count). The van der Waals surface area contributed by atoms with Crippen LogP contribution >= 0.6 is 11.8 Å². The Hall–Kier alpha value is -0.540. The number of rotatable bonds is 3. The molecule has 2 fully saturated rings. The van der Waals surface area contributed by atoms with Crippen LogP contribution in [0.4, 0.5) is 4.39 Å². The van der Waals surface area contributed by atoms with Crippen molar-refractivity contribution in [3.63, 3.8) is 0 Å². The van der Waals surface area contributed by atoms with Crippen molar-refractivity contribution in [1.29, 1.82) is 0 Å². The molecule has 2 heterocycles. The highest BCUT2D eigenvalue weighted by atomic mass is 32.2. The van der Waals surface area contributed by atoms with Crippen molar-refractivity contribution >= 4 is 11.8 Å². The molecule has 0 spiro atoms. The molecule has 3 heteroatoms. The Morgan fingerprint density at radius 1 is 1.29 bits per heavy atom. The van der Waals surface area contributed by atoms with E-state index in [9.17, 15) is 4.39 Å². The van der Waals surface area contributed by atoms with Crippen molar-refractivity contribution < 1.29 is 4.39 Å². The first-order valence-electron chi connectivity index (χ1n) is 6.45. The molecule has 0 aliphatic carbocycles. The van der Waals surface area contributed by atoms with Gasteiger partial charge in [0.15, 0.2) is 0 Å². The minimum Gasteiger partial charge on any atom is -0.299 e. The summed E-state index contributed by atoms with van der Waals surface area (Å²) in [7, 11) is 0. The lowest BCUT2D eigenvalue weighted by Crippen LogP contribution is -2.19. The second kappa shape index (κ2) is 4.99. The van der Waals surface area contributed by atoms with Gasteiger partial charge >= 0.3 is 0 Å². The van der Waals surface area contributed by atoms with Crippen LogP contribution in [0.1, 0.15) is 35.6 Å². The second-order valence-corrected chi connectivity index (χ2v) is 6.29. The molecule has 0 saturated carbocycles. The zero-order chi connectivity index (χ0) is 11.7. The van der Waals surface area contributed by atoms with Crippen LogP contribution in [-0.2, 0) is 6.54 Å². The first-order valence-corrected chi connectivity index (χ1v) is 7.50. The van der Waals surface area contributed by atoms with E-state index in [1.165, 1.54) is 30.6 Å². The Morgan fingerprint density at radius 3 is 2.71 bits per heavy atom. The molecule has 92 valence electrons. The molecule has 2 aliphatic rings. The zero-order valence-corrected chi connectivity index (χ0v) is 10.8. The van der Waals surface area contributed by atoms with Crippen molar-refractivity contribution in [2.75, 3.05) is 18.8 Å². The standard InChI is InChI=1S/C14H18FNS/c15-13-4-3-11(14-5-8-17-14)9-12(13)10-16-6-1-2-7-16/h3-4,9,14H,1-2,5-8,10H2. The van der Waals surface area contributed by atoms with Crippen LogP contribution < -0.4 is 0 Å². The summed E-state index contributed by atoms with van der Waals surface area (Å²) in [5.41, 5.74) is 2.20. The van der Waals surface area contributed by atoms with Gasteiger partial charge in [-0.15, -0.1) is 0 Å². The fourth-order valence-corrected chi connectivity index (χ4v) is 3.41. The number of nitrogens with zero attached hydrogens (tertiary/aromatic N) is 1. The van der Waals surface area contributed by atoms with Crippen molar-refractivity contribution in [2.24, 2.45) is 0 Å². The molecule has 17 heavy (non-hydrogen) atoms. The van der Waals surface area contributed by atoms with Gasteiger partial charge in [-0.05, 0) is 49.7 Å². The van der Waals surface area contributed by atoms with Gasteiger partial charge in [0.1, 0.15) is 5.82 Å². The molecule has 2 saturated heterocycles. The monoisotopic (exact) mass is 251 g/mol. The topological polar surface area (TPSA) is 3.24 Å². The number of benzene rings is 1. The van der Waals surface area contributed by atoms with Gasteiger partial charge in [0.05, 0.1) is 0 Å². The van der Waals surface area contributed by atoms with Gasteiger partial charge in [0, 0.05) is 17.4 Å². The second-order valence-electron chi connectivity index (χ2n) is 4.98. The van der Waals surface area contributed by atoms with E-state index < -0.39 is 0 Å². The molecule has 0 radical (unpaired) electrons. The Kier molecular flexibility index (Phi) is 3.39. The van der Waals surface area contributed by atoms with Crippen molar-refractivity contribution in [3.8, 4) is 0 Å². The summed E-state index contributed by atoms with van der Waals surface area (Å²) in [6.45, 7) is 3.04. The Bertz CT molecular complexity index is 397. The maximum absolute atomic E-state index is 13.8. The van der Waals surface area contributed by atoms with E-state index in [2.05, 4.69) is 11.0 Å². The van der Waals surface area contributed by atoms with Crippen LogP contribution in [0.3, 0.4) is 0 Å². The van der Waals surface area contributed by atoms with E-state index in [1.807, 2.05) is 17.8 Å². The molecule has 0 amide bonds. The van der Waals surface area contributed by atoms with Gasteiger partial charge < -0.3 is 0 Å². The molecule has 1 aromatic carbocycles. The summed E-state index contributed by atoms with van der Waals surface area (Å²) in [6.07, 6.45) is 3.78. The molecule has 0 bridgehead atoms.